The number of carbonyl (C=O) groups excluding carboxylic acids is 1. The number of hydrogen-bond donors (Lipinski definition) is 1. The van der Waals surface area contributed by atoms with E-state index in [-0.39, 0.29) is 5.91 Å². The highest BCUT2D eigenvalue weighted by atomic mass is 16.1. The molecule has 0 saturated heterocycles. The average Bonchev–Trinajstić information content (AvgIpc) is 2.19. The number of amides is 1. The summed E-state index contributed by atoms with van der Waals surface area (Å²) in [5.41, 5.74) is 0. The van der Waals surface area contributed by atoms with E-state index in [0.717, 1.165) is 12.3 Å². The predicted octanol–water partition coefficient (Wildman–Crippen LogP) is 2.01. The van der Waals surface area contributed by atoms with Gasteiger partial charge >= 0.3 is 0 Å². The molecule has 2 nitrogen and oxygen atoms in total. The van der Waals surface area contributed by atoms with Crippen molar-refractivity contribution in [1.82, 2.24) is 5.32 Å². The molecule has 1 N–H and O–H groups in total. The second kappa shape index (κ2) is 3.95. The predicted molar refractivity (Wildman–Crippen MR) is 52.3 cm³/mol. The van der Waals surface area contributed by atoms with Gasteiger partial charge in [-0.3, -0.25) is 4.79 Å². The Morgan fingerprint density at radius 2 is 2.00 bits per heavy atom. The van der Waals surface area contributed by atoms with Crippen LogP contribution in [0.25, 0.3) is 0 Å². The number of hydrogen-bond acceptors (Lipinski definition) is 1. The van der Waals surface area contributed by atoms with Gasteiger partial charge in [-0.05, 0) is 31.3 Å². The molecule has 0 radical (unpaired) electrons. The van der Waals surface area contributed by atoms with Crippen molar-refractivity contribution in [2.75, 3.05) is 0 Å². The summed E-state index contributed by atoms with van der Waals surface area (Å²) in [6.07, 6.45) is 11.4. The van der Waals surface area contributed by atoms with E-state index in [1.165, 1.54) is 32.1 Å². The van der Waals surface area contributed by atoms with Gasteiger partial charge in [-0.1, -0.05) is 25.3 Å². The molecule has 1 fully saturated rings. The van der Waals surface area contributed by atoms with E-state index >= 15 is 0 Å². The topological polar surface area (TPSA) is 29.1 Å². The second-order valence-corrected chi connectivity index (χ2v) is 4.15. The molecule has 0 aromatic heterocycles. The molecular weight excluding hydrogens is 162 g/mol. The van der Waals surface area contributed by atoms with E-state index in [0.29, 0.717) is 6.04 Å². The van der Waals surface area contributed by atoms with E-state index in [1.54, 1.807) is 6.08 Å². The summed E-state index contributed by atoms with van der Waals surface area (Å²) < 4.78 is 0. The van der Waals surface area contributed by atoms with Gasteiger partial charge < -0.3 is 5.32 Å². The molecule has 1 heterocycles. The second-order valence-electron chi connectivity index (χ2n) is 4.15. The Bertz CT molecular complexity index is 216. The summed E-state index contributed by atoms with van der Waals surface area (Å²) in [5.74, 6) is 0.837. The van der Waals surface area contributed by atoms with Gasteiger partial charge in [0.25, 0.3) is 0 Å². The normalized spacial score (nSPS) is 30.2. The van der Waals surface area contributed by atoms with Crippen molar-refractivity contribution < 1.29 is 4.79 Å². The monoisotopic (exact) mass is 179 g/mol. The highest BCUT2D eigenvalue weighted by Crippen LogP contribution is 2.28. The molecule has 1 atom stereocenters. The van der Waals surface area contributed by atoms with E-state index < -0.39 is 0 Å². The molecule has 0 unspecified atom stereocenters. The lowest BCUT2D eigenvalue weighted by Crippen LogP contribution is -2.42. The summed E-state index contributed by atoms with van der Waals surface area (Å²) in [4.78, 5) is 11.1. The van der Waals surface area contributed by atoms with E-state index in [4.69, 9.17) is 0 Å². The van der Waals surface area contributed by atoms with Crippen LogP contribution in [0, 0.1) is 5.92 Å². The molecule has 0 aromatic carbocycles. The number of nitrogens with one attached hydrogen (secondary N) is 1. The van der Waals surface area contributed by atoms with Gasteiger partial charge in [0, 0.05) is 6.04 Å². The first-order chi connectivity index (χ1) is 6.36. The molecule has 1 saturated carbocycles. The summed E-state index contributed by atoms with van der Waals surface area (Å²) in [5, 5.41) is 3.06. The van der Waals surface area contributed by atoms with Crippen LogP contribution in [0.3, 0.4) is 0 Å². The standard InChI is InChI=1S/C11H17NO/c13-11-8-4-7-10(12-11)9-5-2-1-3-6-9/h4,8-10H,1-3,5-7H2,(H,12,13)/t10-/m0/s1. The van der Waals surface area contributed by atoms with Crippen LogP contribution >= 0.6 is 0 Å². The van der Waals surface area contributed by atoms with Crippen LogP contribution in [0.2, 0.25) is 0 Å². The minimum absolute atomic E-state index is 0.0989. The van der Waals surface area contributed by atoms with Crippen LogP contribution in [-0.2, 0) is 4.79 Å². The van der Waals surface area contributed by atoms with Crippen molar-refractivity contribution >= 4 is 5.91 Å². The SMILES string of the molecule is O=C1C=CC[C@@H](C2CCCCC2)N1. The third-order valence-corrected chi connectivity index (χ3v) is 3.21. The molecule has 0 aromatic rings. The van der Waals surface area contributed by atoms with E-state index in [9.17, 15) is 4.79 Å². The average molecular weight is 179 g/mol. The maximum atomic E-state index is 11.1. The van der Waals surface area contributed by atoms with Crippen LogP contribution in [0.1, 0.15) is 38.5 Å². The molecule has 1 amide bonds. The Kier molecular flexibility index (Phi) is 2.67. The molecule has 2 heteroatoms. The summed E-state index contributed by atoms with van der Waals surface area (Å²) in [7, 11) is 0. The molecule has 1 aliphatic carbocycles. The van der Waals surface area contributed by atoms with Crippen molar-refractivity contribution in [1.29, 1.82) is 0 Å². The van der Waals surface area contributed by atoms with Crippen LogP contribution in [0.5, 0.6) is 0 Å². The van der Waals surface area contributed by atoms with Gasteiger partial charge in [-0.2, -0.15) is 0 Å². The lowest BCUT2D eigenvalue weighted by molar-refractivity contribution is -0.118. The Balaban J connectivity index is 1.92. The van der Waals surface area contributed by atoms with Gasteiger partial charge in [-0.25, -0.2) is 0 Å². The van der Waals surface area contributed by atoms with Crippen LogP contribution in [0.4, 0.5) is 0 Å². The number of rotatable bonds is 1. The molecule has 0 bridgehead atoms. The highest BCUT2D eigenvalue weighted by molar-refractivity contribution is 5.88. The third kappa shape index (κ3) is 2.11. The van der Waals surface area contributed by atoms with Crippen LogP contribution in [-0.4, -0.2) is 11.9 Å². The highest BCUT2D eigenvalue weighted by Gasteiger charge is 2.25. The van der Waals surface area contributed by atoms with Crippen molar-refractivity contribution in [3.8, 4) is 0 Å². The van der Waals surface area contributed by atoms with Crippen molar-refractivity contribution in [2.45, 2.75) is 44.6 Å². The molecular formula is C11H17NO. The summed E-state index contributed by atoms with van der Waals surface area (Å²) in [6.45, 7) is 0. The molecule has 2 rings (SSSR count). The Morgan fingerprint density at radius 1 is 1.23 bits per heavy atom. The maximum absolute atomic E-state index is 11.1. The first-order valence-corrected chi connectivity index (χ1v) is 5.33. The van der Waals surface area contributed by atoms with Gasteiger partial charge in [0.2, 0.25) is 5.91 Å². The van der Waals surface area contributed by atoms with E-state index in [2.05, 4.69) is 5.32 Å². The Morgan fingerprint density at radius 3 is 2.69 bits per heavy atom. The number of carbonyl (C=O) groups is 1. The van der Waals surface area contributed by atoms with Crippen molar-refractivity contribution in [2.24, 2.45) is 5.92 Å². The lowest BCUT2D eigenvalue weighted by Gasteiger charge is -2.31. The van der Waals surface area contributed by atoms with Gasteiger partial charge in [0.15, 0.2) is 0 Å². The third-order valence-electron chi connectivity index (χ3n) is 3.21. The lowest BCUT2D eigenvalue weighted by atomic mass is 9.82. The molecule has 72 valence electrons. The molecule has 13 heavy (non-hydrogen) atoms. The first-order valence-electron chi connectivity index (χ1n) is 5.33. The fourth-order valence-electron chi connectivity index (χ4n) is 2.46. The zero-order chi connectivity index (χ0) is 9.10. The maximum Gasteiger partial charge on any atom is 0.243 e. The largest absolute Gasteiger partial charge is 0.349 e. The van der Waals surface area contributed by atoms with Crippen LogP contribution in [0.15, 0.2) is 12.2 Å². The smallest absolute Gasteiger partial charge is 0.243 e. The minimum atomic E-state index is 0.0989. The van der Waals surface area contributed by atoms with Gasteiger partial charge in [-0.15, -0.1) is 0 Å². The van der Waals surface area contributed by atoms with Crippen molar-refractivity contribution in [3.05, 3.63) is 12.2 Å². The molecule has 2 aliphatic rings. The fourth-order valence-corrected chi connectivity index (χ4v) is 2.46. The fraction of sp³-hybridized carbons (Fsp3) is 0.727. The van der Waals surface area contributed by atoms with Gasteiger partial charge in [0.1, 0.15) is 0 Å². The summed E-state index contributed by atoms with van der Waals surface area (Å²) in [6, 6.07) is 0.429. The molecule has 1 aliphatic heterocycles. The Labute approximate surface area is 79.4 Å². The van der Waals surface area contributed by atoms with Crippen molar-refractivity contribution in [3.63, 3.8) is 0 Å². The van der Waals surface area contributed by atoms with E-state index in [1.807, 2.05) is 6.08 Å². The quantitative estimate of drug-likeness (QED) is 0.655. The minimum Gasteiger partial charge on any atom is -0.349 e. The zero-order valence-electron chi connectivity index (χ0n) is 7.96. The zero-order valence-corrected chi connectivity index (χ0v) is 7.96. The van der Waals surface area contributed by atoms with Crippen LogP contribution < -0.4 is 5.32 Å². The van der Waals surface area contributed by atoms with Gasteiger partial charge in [0.05, 0.1) is 0 Å². The molecule has 0 spiro atoms. The Hall–Kier alpha value is -0.790. The first kappa shape index (κ1) is 8.79. The summed E-state index contributed by atoms with van der Waals surface area (Å²) >= 11 is 0.